The van der Waals surface area contributed by atoms with Crippen LogP contribution in [0.15, 0.2) is 224 Å². The van der Waals surface area contributed by atoms with Crippen molar-refractivity contribution in [2.45, 2.75) is 0 Å². The van der Waals surface area contributed by atoms with Crippen molar-refractivity contribution in [3.05, 3.63) is 224 Å². The summed E-state index contributed by atoms with van der Waals surface area (Å²) in [5.74, 6) is 0. The van der Waals surface area contributed by atoms with E-state index in [0.717, 1.165) is 17.1 Å². The molecule has 0 spiro atoms. The first kappa shape index (κ1) is 32.4. The van der Waals surface area contributed by atoms with Crippen molar-refractivity contribution in [1.29, 1.82) is 0 Å². The number of anilines is 3. The molecule has 0 heterocycles. The fourth-order valence-corrected chi connectivity index (χ4v) is 8.01. The van der Waals surface area contributed by atoms with Crippen LogP contribution in [0.4, 0.5) is 17.1 Å². The number of benzene rings is 10. The van der Waals surface area contributed by atoms with Gasteiger partial charge in [-0.3, -0.25) is 0 Å². The minimum Gasteiger partial charge on any atom is -0.310 e. The Kier molecular flexibility index (Phi) is 8.24. The molecule has 1 nitrogen and oxygen atoms in total. The third-order valence-electron chi connectivity index (χ3n) is 10.8. The molecule has 1 heteroatoms. The van der Waals surface area contributed by atoms with E-state index in [1.807, 2.05) is 0 Å². The first-order chi connectivity index (χ1) is 27.2. The zero-order valence-electron chi connectivity index (χ0n) is 30.3. The first-order valence-electron chi connectivity index (χ1n) is 18.9. The van der Waals surface area contributed by atoms with Crippen molar-refractivity contribution in [2.75, 3.05) is 4.90 Å². The van der Waals surface area contributed by atoms with Gasteiger partial charge in [0.05, 0.1) is 0 Å². The van der Waals surface area contributed by atoms with Crippen LogP contribution in [0.2, 0.25) is 0 Å². The summed E-state index contributed by atoms with van der Waals surface area (Å²) in [6.07, 6.45) is 0. The van der Waals surface area contributed by atoms with Crippen molar-refractivity contribution in [1.82, 2.24) is 0 Å². The van der Waals surface area contributed by atoms with Crippen LogP contribution in [0.1, 0.15) is 0 Å². The standard InChI is InChI=1S/C54H37N/c1-4-12-38(13-5-1)39-20-22-40(23-21-39)45-26-27-47-35-48(31-29-46(47)34-45)55(49-30-28-44-25-24-43-18-10-11-19-51(43)54(44)36-49)50-32-33-52(41-14-6-2-7-15-41)53(37-50)42-16-8-3-9-17-42/h1-37H. The monoisotopic (exact) mass is 699 g/mol. The van der Waals surface area contributed by atoms with E-state index in [2.05, 4.69) is 229 Å². The van der Waals surface area contributed by atoms with Gasteiger partial charge in [0.2, 0.25) is 0 Å². The number of hydrogen-bond donors (Lipinski definition) is 0. The van der Waals surface area contributed by atoms with E-state index in [-0.39, 0.29) is 0 Å². The van der Waals surface area contributed by atoms with E-state index < -0.39 is 0 Å². The Bertz CT molecular complexity index is 2950. The largest absolute Gasteiger partial charge is 0.310 e. The van der Waals surface area contributed by atoms with E-state index in [0.29, 0.717) is 0 Å². The van der Waals surface area contributed by atoms with E-state index >= 15 is 0 Å². The van der Waals surface area contributed by atoms with Gasteiger partial charge in [0, 0.05) is 17.1 Å². The highest BCUT2D eigenvalue weighted by Gasteiger charge is 2.18. The molecular weight excluding hydrogens is 663 g/mol. The molecule has 0 saturated carbocycles. The normalized spacial score (nSPS) is 11.3. The Hall–Kier alpha value is -7.22. The fraction of sp³-hybridized carbons (Fsp3) is 0. The highest BCUT2D eigenvalue weighted by Crippen LogP contribution is 2.43. The third-order valence-corrected chi connectivity index (χ3v) is 10.8. The lowest BCUT2D eigenvalue weighted by molar-refractivity contribution is 1.29. The molecule has 10 aromatic carbocycles. The molecule has 0 fully saturated rings. The van der Waals surface area contributed by atoms with E-state index in [9.17, 15) is 0 Å². The van der Waals surface area contributed by atoms with Crippen LogP contribution in [-0.4, -0.2) is 0 Å². The highest BCUT2D eigenvalue weighted by atomic mass is 15.1. The predicted molar refractivity (Wildman–Crippen MR) is 235 cm³/mol. The van der Waals surface area contributed by atoms with Gasteiger partial charge in [0.15, 0.2) is 0 Å². The van der Waals surface area contributed by atoms with Crippen LogP contribution < -0.4 is 4.90 Å². The molecule has 10 aromatic rings. The Morgan fingerprint density at radius 1 is 0.218 bits per heavy atom. The summed E-state index contributed by atoms with van der Waals surface area (Å²) in [5, 5.41) is 7.38. The van der Waals surface area contributed by atoms with Gasteiger partial charge in [-0.1, -0.05) is 182 Å². The SMILES string of the molecule is c1ccc(-c2ccc(-c3ccc4cc(N(c5ccc(-c6ccccc6)c(-c6ccccc6)c5)c5ccc6ccc7ccccc7c6c5)ccc4c3)cc2)cc1. The topological polar surface area (TPSA) is 3.24 Å². The summed E-state index contributed by atoms with van der Waals surface area (Å²) < 4.78 is 0. The van der Waals surface area contributed by atoms with Crippen LogP contribution in [0.5, 0.6) is 0 Å². The second kappa shape index (κ2) is 14.0. The molecular formula is C54H37N. The second-order valence-electron chi connectivity index (χ2n) is 14.2. The van der Waals surface area contributed by atoms with E-state index in [4.69, 9.17) is 0 Å². The van der Waals surface area contributed by atoms with Gasteiger partial charge < -0.3 is 4.90 Å². The summed E-state index contributed by atoms with van der Waals surface area (Å²) in [7, 11) is 0. The number of fused-ring (bicyclic) bond motifs is 4. The maximum atomic E-state index is 2.41. The first-order valence-corrected chi connectivity index (χ1v) is 18.9. The average Bonchev–Trinajstić information content (AvgIpc) is 3.27. The van der Waals surface area contributed by atoms with Gasteiger partial charge in [-0.25, -0.2) is 0 Å². The van der Waals surface area contributed by atoms with Crippen molar-refractivity contribution in [3.8, 4) is 44.5 Å². The maximum Gasteiger partial charge on any atom is 0.0468 e. The molecule has 0 aliphatic carbocycles. The zero-order chi connectivity index (χ0) is 36.6. The molecule has 0 aliphatic heterocycles. The Balaban J connectivity index is 1.12. The maximum absolute atomic E-state index is 2.41. The Morgan fingerprint density at radius 3 is 1.36 bits per heavy atom. The molecule has 0 amide bonds. The Morgan fingerprint density at radius 2 is 0.655 bits per heavy atom. The minimum absolute atomic E-state index is 1.10. The lowest BCUT2D eigenvalue weighted by atomic mass is 9.93. The third kappa shape index (κ3) is 6.22. The van der Waals surface area contributed by atoms with Crippen molar-refractivity contribution >= 4 is 49.4 Å². The highest BCUT2D eigenvalue weighted by molar-refractivity contribution is 6.09. The van der Waals surface area contributed by atoms with Crippen LogP contribution in [0.25, 0.3) is 76.8 Å². The smallest absolute Gasteiger partial charge is 0.0468 e. The van der Waals surface area contributed by atoms with Crippen LogP contribution in [-0.2, 0) is 0 Å². The van der Waals surface area contributed by atoms with Crippen LogP contribution in [0.3, 0.4) is 0 Å². The van der Waals surface area contributed by atoms with Gasteiger partial charge in [-0.2, -0.15) is 0 Å². The molecule has 0 N–H and O–H groups in total. The molecule has 55 heavy (non-hydrogen) atoms. The summed E-state index contributed by atoms with van der Waals surface area (Å²) in [6.45, 7) is 0. The zero-order valence-corrected chi connectivity index (χ0v) is 30.3. The molecule has 0 saturated heterocycles. The predicted octanol–water partition coefficient (Wildman–Crippen LogP) is 15.3. The van der Waals surface area contributed by atoms with Crippen molar-refractivity contribution < 1.29 is 0 Å². The molecule has 258 valence electrons. The molecule has 0 aromatic heterocycles. The van der Waals surface area contributed by atoms with Gasteiger partial charge in [0.25, 0.3) is 0 Å². The van der Waals surface area contributed by atoms with E-state index in [1.165, 1.54) is 76.8 Å². The molecule has 0 unspecified atom stereocenters. The quantitative estimate of drug-likeness (QED) is 0.150. The van der Waals surface area contributed by atoms with Gasteiger partial charge >= 0.3 is 0 Å². The van der Waals surface area contributed by atoms with Crippen molar-refractivity contribution in [2.24, 2.45) is 0 Å². The van der Waals surface area contributed by atoms with Crippen LogP contribution in [0, 0.1) is 0 Å². The van der Waals surface area contributed by atoms with Gasteiger partial charge in [-0.05, 0) is 119 Å². The number of nitrogens with zero attached hydrogens (tertiary/aromatic N) is 1. The molecule has 0 atom stereocenters. The second-order valence-corrected chi connectivity index (χ2v) is 14.2. The fourth-order valence-electron chi connectivity index (χ4n) is 8.01. The molecule has 0 bridgehead atoms. The Labute approximate surface area is 322 Å². The number of rotatable bonds is 7. The van der Waals surface area contributed by atoms with Gasteiger partial charge in [-0.15, -0.1) is 0 Å². The van der Waals surface area contributed by atoms with Crippen LogP contribution >= 0.6 is 0 Å². The van der Waals surface area contributed by atoms with Crippen molar-refractivity contribution in [3.63, 3.8) is 0 Å². The lowest BCUT2D eigenvalue weighted by Crippen LogP contribution is -2.10. The average molecular weight is 700 g/mol. The summed E-state index contributed by atoms with van der Waals surface area (Å²) in [6, 6.07) is 81.5. The van der Waals surface area contributed by atoms with E-state index in [1.54, 1.807) is 0 Å². The molecule has 0 radical (unpaired) electrons. The minimum atomic E-state index is 1.10. The molecule has 0 aliphatic rings. The molecule has 10 rings (SSSR count). The van der Waals surface area contributed by atoms with Gasteiger partial charge in [0.1, 0.15) is 0 Å². The summed E-state index contributed by atoms with van der Waals surface area (Å²) in [5.41, 5.74) is 13.0. The number of hydrogen-bond acceptors (Lipinski definition) is 1. The lowest BCUT2D eigenvalue weighted by Gasteiger charge is -2.27. The summed E-state index contributed by atoms with van der Waals surface area (Å²) >= 11 is 0. The summed E-state index contributed by atoms with van der Waals surface area (Å²) in [4.78, 5) is 2.41.